The summed E-state index contributed by atoms with van der Waals surface area (Å²) in [5.41, 5.74) is 2.31. The molecule has 0 unspecified atom stereocenters. The van der Waals surface area contributed by atoms with Crippen LogP contribution in [-0.2, 0) is 9.59 Å². The van der Waals surface area contributed by atoms with E-state index in [4.69, 9.17) is 4.74 Å². The number of nitro benzene ring substituents is 2. The van der Waals surface area contributed by atoms with Gasteiger partial charge >= 0.3 is 11.7 Å². The lowest BCUT2D eigenvalue weighted by Gasteiger charge is -2.17. The summed E-state index contributed by atoms with van der Waals surface area (Å²) in [7, 11) is 0. The molecule has 0 saturated heterocycles. The van der Waals surface area contributed by atoms with Gasteiger partial charge in [0.15, 0.2) is 0 Å². The van der Waals surface area contributed by atoms with E-state index in [1.165, 1.54) is 54.6 Å². The van der Waals surface area contributed by atoms with E-state index in [1.54, 1.807) is 32.9 Å². The summed E-state index contributed by atoms with van der Waals surface area (Å²) in [6.07, 6.45) is 3.42. The second-order valence-corrected chi connectivity index (χ2v) is 9.54. The van der Waals surface area contributed by atoms with Crippen LogP contribution in [0.5, 0.6) is 5.75 Å². The van der Waals surface area contributed by atoms with Crippen LogP contribution in [0.15, 0.2) is 77.9 Å². The van der Waals surface area contributed by atoms with Gasteiger partial charge in [0.05, 0.1) is 16.1 Å². The van der Waals surface area contributed by atoms with Gasteiger partial charge in [0.25, 0.3) is 11.6 Å². The van der Waals surface area contributed by atoms with E-state index in [0.717, 1.165) is 18.4 Å². The Balaban J connectivity index is 1.71. The lowest BCUT2D eigenvalue weighted by Crippen LogP contribution is -2.27. The average molecular weight is 560 g/mol. The fourth-order valence-corrected chi connectivity index (χ4v) is 3.15. The Morgan fingerprint density at radius 2 is 1.56 bits per heavy atom. The van der Waals surface area contributed by atoms with Crippen molar-refractivity contribution in [2.24, 2.45) is 10.5 Å². The summed E-state index contributed by atoms with van der Waals surface area (Å²) in [6, 6.07) is 15.3. The van der Waals surface area contributed by atoms with Crippen molar-refractivity contribution in [3.63, 3.8) is 0 Å². The number of anilines is 1. The molecule has 0 atom stereocenters. The van der Waals surface area contributed by atoms with Crippen LogP contribution in [0.25, 0.3) is 6.08 Å². The number of nitrogens with zero attached hydrogens (tertiary/aromatic N) is 3. The van der Waals surface area contributed by atoms with Gasteiger partial charge in [0.1, 0.15) is 0 Å². The SMILES string of the molecule is CC(C)(C)C(=O)Nc1ccc(C(=O)N/N=C/c2cccc([N+](=O)[O-])c2OC(=O)/C=C/c2ccc([N+](=O)[O-])cc2)cc1. The molecule has 0 aliphatic rings. The van der Waals surface area contributed by atoms with Gasteiger partial charge in [-0.1, -0.05) is 26.8 Å². The predicted molar refractivity (Wildman–Crippen MR) is 150 cm³/mol. The van der Waals surface area contributed by atoms with Gasteiger partial charge in [-0.3, -0.25) is 29.8 Å². The van der Waals surface area contributed by atoms with Gasteiger partial charge in [0.2, 0.25) is 11.7 Å². The largest absolute Gasteiger partial charge is 0.415 e. The number of hydrogen-bond acceptors (Lipinski definition) is 9. The van der Waals surface area contributed by atoms with E-state index in [9.17, 15) is 34.6 Å². The topological polar surface area (TPSA) is 183 Å². The smallest absolute Gasteiger partial charge is 0.336 e. The first-order valence-electron chi connectivity index (χ1n) is 12.0. The van der Waals surface area contributed by atoms with Crippen molar-refractivity contribution in [1.82, 2.24) is 5.43 Å². The standard InChI is InChI=1S/C28H25N5O8/c1-28(2,3)27(36)30-21-12-10-19(11-13-21)26(35)31-29-17-20-5-4-6-23(33(39)40)25(20)41-24(34)16-9-18-7-14-22(15-8-18)32(37)38/h4-17H,1-3H3,(H,30,36)(H,31,35)/b16-9+,29-17+. The van der Waals surface area contributed by atoms with Crippen molar-refractivity contribution >= 4 is 47.1 Å². The maximum Gasteiger partial charge on any atom is 0.336 e. The quantitative estimate of drug-likeness (QED) is 0.0929. The number of amides is 2. The summed E-state index contributed by atoms with van der Waals surface area (Å²) in [6.45, 7) is 5.32. The molecule has 41 heavy (non-hydrogen) atoms. The molecule has 0 aliphatic carbocycles. The number of hydrogen-bond donors (Lipinski definition) is 2. The number of esters is 1. The molecular formula is C28H25N5O8. The fraction of sp³-hybridized carbons (Fsp3) is 0.143. The molecule has 3 aromatic rings. The van der Waals surface area contributed by atoms with E-state index in [-0.39, 0.29) is 22.7 Å². The molecule has 0 radical (unpaired) electrons. The number of carbonyl (C=O) groups excluding carboxylic acids is 3. The molecule has 2 amide bonds. The van der Waals surface area contributed by atoms with Gasteiger partial charge in [-0.2, -0.15) is 5.10 Å². The van der Waals surface area contributed by atoms with E-state index in [0.29, 0.717) is 11.3 Å². The Morgan fingerprint density at radius 1 is 0.902 bits per heavy atom. The molecule has 3 aromatic carbocycles. The zero-order chi connectivity index (χ0) is 30.2. The fourth-order valence-electron chi connectivity index (χ4n) is 3.15. The number of rotatable bonds is 9. The van der Waals surface area contributed by atoms with Crippen LogP contribution in [0.2, 0.25) is 0 Å². The predicted octanol–water partition coefficient (Wildman–Crippen LogP) is 4.87. The number of nitrogens with one attached hydrogen (secondary N) is 2. The number of non-ortho nitro benzene ring substituents is 1. The molecule has 210 valence electrons. The molecule has 0 fully saturated rings. The molecule has 0 spiro atoms. The summed E-state index contributed by atoms with van der Waals surface area (Å²) in [5, 5.41) is 28.9. The highest BCUT2D eigenvalue weighted by molar-refractivity contribution is 5.98. The molecule has 0 aliphatic heterocycles. The van der Waals surface area contributed by atoms with E-state index >= 15 is 0 Å². The van der Waals surface area contributed by atoms with Crippen LogP contribution >= 0.6 is 0 Å². The van der Waals surface area contributed by atoms with Crippen molar-refractivity contribution in [3.8, 4) is 5.75 Å². The summed E-state index contributed by atoms with van der Waals surface area (Å²) in [5.74, 6) is -2.12. The maximum absolute atomic E-state index is 12.5. The molecule has 2 N–H and O–H groups in total. The van der Waals surface area contributed by atoms with Gasteiger partial charge < -0.3 is 10.1 Å². The van der Waals surface area contributed by atoms with Crippen LogP contribution in [0.3, 0.4) is 0 Å². The minimum Gasteiger partial charge on any atom is -0.415 e. The van der Waals surface area contributed by atoms with Crippen LogP contribution in [0.4, 0.5) is 17.1 Å². The summed E-state index contributed by atoms with van der Waals surface area (Å²) < 4.78 is 5.22. The Labute approximate surface area is 233 Å². The van der Waals surface area contributed by atoms with Crippen molar-refractivity contribution in [2.45, 2.75) is 20.8 Å². The average Bonchev–Trinajstić information content (AvgIpc) is 2.92. The van der Waals surface area contributed by atoms with Gasteiger partial charge in [-0.15, -0.1) is 0 Å². The lowest BCUT2D eigenvalue weighted by atomic mass is 9.95. The highest BCUT2D eigenvalue weighted by Crippen LogP contribution is 2.30. The summed E-state index contributed by atoms with van der Waals surface area (Å²) >= 11 is 0. The van der Waals surface area contributed by atoms with Crippen LogP contribution < -0.4 is 15.5 Å². The Kier molecular flexibility index (Phi) is 9.38. The molecule has 13 nitrogen and oxygen atoms in total. The molecular weight excluding hydrogens is 534 g/mol. The van der Waals surface area contributed by atoms with Crippen LogP contribution in [0, 0.1) is 25.6 Å². The molecule has 0 saturated carbocycles. The maximum atomic E-state index is 12.5. The molecule has 0 heterocycles. The van der Waals surface area contributed by atoms with Crippen molar-refractivity contribution in [1.29, 1.82) is 0 Å². The number of carbonyl (C=O) groups is 3. The zero-order valence-corrected chi connectivity index (χ0v) is 22.2. The minimum absolute atomic E-state index is 0.0387. The van der Waals surface area contributed by atoms with E-state index in [2.05, 4.69) is 15.8 Å². The van der Waals surface area contributed by atoms with Crippen LogP contribution in [0.1, 0.15) is 42.3 Å². The Hall–Kier alpha value is -5.72. The highest BCUT2D eigenvalue weighted by atomic mass is 16.6. The molecule has 0 aromatic heterocycles. The Morgan fingerprint density at radius 3 is 2.15 bits per heavy atom. The molecule has 13 heteroatoms. The molecule has 3 rings (SSSR count). The number of benzene rings is 3. The first kappa shape index (κ1) is 29.8. The second-order valence-electron chi connectivity index (χ2n) is 9.54. The number of ether oxygens (including phenoxy) is 1. The Bertz CT molecular complexity index is 1540. The monoisotopic (exact) mass is 559 g/mol. The normalized spacial score (nSPS) is 11.3. The zero-order valence-electron chi connectivity index (χ0n) is 22.2. The number of hydrazone groups is 1. The van der Waals surface area contributed by atoms with E-state index in [1.807, 2.05) is 0 Å². The first-order valence-corrected chi connectivity index (χ1v) is 12.0. The van der Waals surface area contributed by atoms with Gasteiger partial charge in [-0.05, 0) is 54.1 Å². The number of para-hydroxylation sites is 1. The second kappa shape index (κ2) is 12.9. The molecule has 0 bridgehead atoms. The third-order valence-corrected chi connectivity index (χ3v) is 5.40. The lowest BCUT2D eigenvalue weighted by molar-refractivity contribution is -0.385. The first-order chi connectivity index (χ1) is 19.3. The van der Waals surface area contributed by atoms with E-state index < -0.39 is 38.6 Å². The highest BCUT2D eigenvalue weighted by Gasteiger charge is 2.22. The summed E-state index contributed by atoms with van der Waals surface area (Å²) in [4.78, 5) is 58.0. The van der Waals surface area contributed by atoms with Crippen molar-refractivity contribution in [2.75, 3.05) is 5.32 Å². The van der Waals surface area contributed by atoms with Crippen molar-refractivity contribution in [3.05, 3.63) is 110 Å². The number of nitro groups is 2. The third-order valence-electron chi connectivity index (χ3n) is 5.40. The third kappa shape index (κ3) is 8.38. The minimum atomic E-state index is -0.949. The van der Waals surface area contributed by atoms with Gasteiger partial charge in [-0.25, -0.2) is 10.2 Å². The van der Waals surface area contributed by atoms with Crippen molar-refractivity contribution < 1.29 is 29.0 Å². The van der Waals surface area contributed by atoms with Gasteiger partial charge in [0, 0.05) is 46.5 Å². The van der Waals surface area contributed by atoms with Crippen LogP contribution in [-0.4, -0.2) is 33.8 Å².